The van der Waals surface area contributed by atoms with Crippen molar-refractivity contribution < 1.29 is 14.3 Å². The molecule has 0 aliphatic carbocycles. The van der Waals surface area contributed by atoms with Crippen molar-refractivity contribution in [2.45, 2.75) is 27.2 Å². The summed E-state index contributed by atoms with van der Waals surface area (Å²) in [6.07, 6.45) is 4.16. The molecule has 0 aliphatic rings. The molecule has 1 heterocycles. The lowest BCUT2D eigenvalue weighted by Gasteiger charge is -2.18. The normalized spacial score (nSPS) is 11.2. The Bertz CT molecular complexity index is 1020. The van der Waals surface area contributed by atoms with Gasteiger partial charge in [0.05, 0.1) is 26.7 Å². The van der Waals surface area contributed by atoms with E-state index in [0.29, 0.717) is 23.7 Å². The maximum absolute atomic E-state index is 12.7. The van der Waals surface area contributed by atoms with Gasteiger partial charge in [-0.15, -0.1) is 0 Å². The zero-order valence-corrected chi connectivity index (χ0v) is 18.2. The van der Waals surface area contributed by atoms with E-state index < -0.39 is 0 Å². The zero-order valence-electron chi connectivity index (χ0n) is 18.2. The van der Waals surface area contributed by atoms with Gasteiger partial charge in [-0.25, -0.2) is 4.98 Å². The number of nitrogens with one attached hydrogen (secondary N) is 1. The first kappa shape index (κ1) is 21.4. The van der Waals surface area contributed by atoms with Crippen LogP contribution in [0.25, 0.3) is 16.8 Å². The van der Waals surface area contributed by atoms with Gasteiger partial charge in [-0.05, 0) is 47.2 Å². The van der Waals surface area contributed by atoms with Gasteiger partial charge in [0.15, 0.2) is 11.5 Å². The van der Waals surface area contributed by atoms with Crippen LogP contribution in [0.4, 0.5) is 0 Å². The minimum Gasteiger partial charge on any atom is -0.493 e. The maximum atomic E-state index is 12.7. The maximum Gasteiger partial charge on any atom is 0.269 e. The molecule has 30 heavy (non-hydrogen) atoms. The molecule has 0 fully saturated rings. The van der Waals surface area contributed by atoms with Crippen LogP contribution in [0.5, 0.6) is 11.5 Å². The number of amides is 1. The van der Waals surface area contributed by atoms with Gasteiger partial charge in [0.25, 0.3) is 5.91 Å². The molecule has 3 aromatic rings. The van der Waals surface area contributed by atoms with Crippen LogP contribution in [0.15, 0.2) is 55.0 Å². The molecular weight excluding hydrogens is 378 g/mol. The summed E-state index contributed by atoms with van der Waals surface area (Å²) < 4.78 is 12.5. The molecule has 0 saturated carbocycles. The topological polar surface area (TPSA) is 65.4 Å². The fourth-order valence-corrected chi connectivity index (χ4v) is 3.16. The number of carbonyl (C=O) groups excluding carboxylic acids is 1. The fraction of sp³-hybridized carbons (Fsp3) is 0.333. The molecule has 0 aliphatic heterocycles. The third-order valence-electron chi connectivity index (χ3n) is 4.87. The lowest BCUT2D eigenvalue weighted by molar-refractivity contribution is 0.0942. The number of imidazole rings is 1. The standard InChI is InChI=1S/C24H29N3O3/c1-24(2,3)11-12-26-23(28)20-15-25-16-27(20)19-8-6-7-17(13-19)18-9-10-21(29-4)22(14-18)30-5/h6-10,13-16H,11-12H2,1-5H3,(H,26,28). The second kappa shape index (κ2) is 9.03. The van der Waals surface area contributed by atoms with Crippen molar-refractivity contribution in [1.29, 1.82) is 0 Å². The summed E-state index contributed by atoms with van der Waals surface area (Å²) in [7, 11) is 3.24. The van der Waals surface area contributed by atoms with E-state index in [2.05, 4.69) is 31.1 Å². The molecule has 2 aromatic carbocycles. The number of hydrogen-bond acceptors (Lipinski definition) is 4. The molecular formula is C24H29N3O3. The summed E-state index contributed by atoms with van der Waals surface area (Å²) >= 11 is 0. The first-order valence-corrected chi connectivity index (χ1v) is 9.96. The van der Waals surface area contributed by atoms with Crippen LogP contribution >= 0.6 is 0 Å². The van der Waals surface area contributed by atoms with Crippen molar-refractivity contribution in [1.82, 2.24) is 14.9 Å². The van der Waals surface area contributed by atoms with Gasteiger partial charge in [0.2, 0.25) is 0 Å². The van der Waals surface area contributed by atoms with Crippen LogP contribution in [0, 0.1) is 5.41 Å². The predicted octanol–water partition coefficient (Wildman–Crippen LogP) is 4.72. The average Bonchev–Trinajstić information content (AvgIpc) is 3.22. The summed E-state index contributed by atoms with van der Waals surface area (Å²) in [4.78, 5) is 16.9. The zero-order chi connectivity index (χ0) is 21.7. The number of benzene rings is 2. The van der Waals surface area contributed by atoms with Crippen molar-refractivity contribution in [2.75, 3.05) is 20.8 Å². The highest BCUT2D eigenvalue weighted by atomic mass is 16.5. The Balaban J connectivity index is 1.86. The predicted molar refractivity (Wildman–Crippen MR) is 119 cm³/mol. The molecule has 1 aromatic heterocycles. The van der Waals surface area contributed by atoms with Gasteiger partial charge in [-0.2, -0.15) is 0 Å². The van der Waals surface area contributed by atoms with Crippen LogP contribution in [0.2, 0.25) is 0 Å². The lowest BCUT2D eigenvalue weighted by atomic mass is 9.92. The molecule has 0 spiro atoms. The van der Waals surface area contributed by atoms with Crippen LogP contribution < -0.4 is 14.8 Å². The Morgan fingerprint density at radius 1 is 1.03 bits per heavy atom. The Labute approximate surface area is 177 Å². The summed E-state index contributed by atoms with van der Waals surface area (Å²) in [6, 6.07) is 13.8. The number of methoxy groups -OCH3 is 2. The highest BCUT2D eigenvalue weighted by molar-refractivity contribution is 5.93. The number of hydrogen-bond donors (Lipinski definition) is 1. The molecule has 6 nitrogen and oxygen atoms in total. The quantitative estimate of drug-likeness (QED) is 0.615. The van der Waals surface area contributed by atoms with E-state index in [1.54, 1.807) is 31.3 Å². The number of aromatic nitrogens is 2. The molecule has 1 N–H and O–H groups in total. The smallest absolute Gasteiger partial charge is 0.269 e. The third kappa shape index (κ3) is 5.00. The van der Waals surface area contributed by atoms with E-state index in [1.165, 1.54) is 0 Å². The second-order valence-corrected chi connectivity index (χ2v) is 8.34. The summed E-state index contributed by atoms with van der Waals surface area (Å²) in [5, 5.41) is 3.00. The van der Waals surface area contributed by atoms with Gasteiger partial charge in [0.1, 0.15) is 5.69 Å². The molecule has 6 heteroatoms. The van der Waals surface area contributed by atoms with E-state index in [0.717, 1.165) is 23.2 Å². The van der Waals surface area contributed by atoms with Gasteiger partial charge in [-0.3, -0.25) is 9.36 Å². The second-order valence-electron chi connectivity index (χ2n) is 8.34. The number of nitrogens with zero attached hydrogens (tertiary/aromatic N) is 2. The van der Waals surface area contributed by atoms with E-state index >= 15 is 0 Å². The van der Waals surface area contributed by atoms with E-state index in [-0.39, 0.29) is 11.3 Å². The largest absolute Gasteiger partial charge is 0.493 e. The van der Waals surface area contributed by atoms with Gasteiger partial charge in [-0.1, -0.05) is 39.0 Å². The summed E-state index contributed by atoms with van der Waals surface area (Å²) in [6.45, 7) is 7.09. The van der Waals surface area contributed by atoms with Crippen LogP contribution in [0.1, 0.15) is 37.7 Å². The highest BCUT2D eigenvalue weighted by Gasteiger charge is 2.15. The van der Waals surface area contributed by atoms with Crippen molar-refractivity contribution in [2.24, 2.45) is 5.41 Å². The SMILES string of the molecule is COc1ccc(-c2cccc(-n3cncc3C(=O)NCCC(C)(C)C)c2)cc1OC. The molecule has 0 radical (unpaired) electrons. The Hall–Kier alpha value is -3.28. The molecule has 0 unspecified atom stereocenters. The molecule has 0 bridgehead atoms. The lowest BCUT2D eigenvalue weighted by Crippen LogP contribution is -2.28. The number of ether oxygens (including phenoxy) is 2. The highest BCUT2D eigenvalue weighted by Crippen LogP contribution is 2.33. The Morgan fingerprint density at radius 2 is 1.77 bits per heavy atom. The molecule has 0 atom stereocenters. The van der Waals surface area contributed by atoms with Crippen molar-refractivity contribution in [3.8, 4) is 28.3 Å². The molecule has 1 amide bonds. The summed E-state index contributed by atoms with van der Waals surface area (Å²) in [5.41, 5.74) is 3.53. The first-order valence-electron chi connectivity index (χ1n) is 9.96. The van der Waals surface area contributed by atoms with Gasteiger partial charge < -0.3 is 14.8 Å². The summed E-state index contributed by atoms with van der Waals surface area (Å²) in [5.74, 6) is 1.22. The van der Waals surface area contributed by atoms with E-state index in [4.69, 9.17) is 9.47 Å². The van der Waals surface area contributed by atoms with Crippen molar-refractivity contribution in [3.05, 3.63) is 60.7 Å². The first-order chi connectivity index (χ1) is 14.3. The van der Waals surface area contributed by atoms with Crippen LogP contribution in [-0.2, 0) is 0 Å². The average molecular weight is 408 g/mol. The van der Waals surface area contributed by atoms with Crippen LogP contribution in [-0.4, -0.2) is 36.2 Å². The van der Waals surface area contributed by atoms with Crippen LogP contribution in [0.3, 0.4) is 0 Å². The van der Waals surface area contributed by atoms with Gasteiger partial charge >= 0.3 is 0 Å². The van der Waals surface area contributed by atoms with Crippen molar-refractivity contribution in [3.63, 3.8) is 0 Å². The Kier molecular flexibility index (Phi) is 6.45. The van der Waals surface area contributed by atoms with E-state index in [1.807, 2.05) is 42.5 Å². The van der Waals surface area contributed by atoms with Gasteiger partial charge in [0, 0.05) is 12.2 Å². The minimum atomic E-state index is -0.131. The minimum absolute atomic E-state index is 0.131. The Morgan fingerprint density at radius 3 is 2.47 bits per heavy atom. The molecule has 0 saturated heterocycles. The molecule has 158 valence electrons. The fourth-order valence-electron chi connectivity index (χ4n) is 3.16. The monoisotopic (exact) mass is 407 g/mol. The number of rotatable bonds is 7. The van der Waals surface area contributed by atoms with Crippen molar-refractivity contribution >= 4 is 5.91 Å². The van der Waals surface area contributed by atoms with E-state index in [9.17, 15) is 4.79 Å². The third-order valence-corrected chi connectivity index (χ3v) is 4.87. The number of carbonyl (C=O) groups is 1. The molecule has 3 rings (SSSR count).